The summed E-state index contributed by atoms with van der Waals surface area (Å²) in [7, 11) is 3.07. The number of benzene rings is 2. The lowest BCUT2D eigenvalue weighted by atomic mass is 10.1. The molecular formula is C21H23BrF2N2O4. The second kappa shape index (κ2) is 10.1. The van der Waals surface area contributed by atoms with Gasteiger partial charge in [-0.3, -0.25) is 9.69 Å². The third-order valence-electron chi connectivity index (χ3n) is 4.89. The van der Waals surface area contributed by atoms with Crippen LogP contribution in [-0.4, -0.2) is 62.7 Å². The number of halogens is 3. The molecule has 3 rings (SSSR count). The summed E-state index contributed by atoms with van der Waals surface area (Å²) >= 11 is 3.37. The second-order valence-corrected chi connectivity index (χ2v) is 7.72. The molecule has 0 bridgehead atoms. The van der Waals surface area contributed by atoms with E-state index >= 15 is 0 Å². The van der Waals surface area contributed by atoms with Crippen molar-refractivity contribution >= 4 is 21.8 Å². The standard InChI is InChI=1S/C21H23BrF2N2O4/c1-28-17-10-14(11-18(12-17)29-2)20(27)26-7-5-25(6-8-26)13-15-9-16(22)3-4-19(15)30-21(23)24/h3-4,9-12,21H,5-8,13H2,1-2H3. The summed E-state index contributed by atoms with van der Waals surface area (Å²) in [5.41, 5.74) is 1.17. The summed E-state index contributed by atoms with van der Waals surface area (Å²) in [6.45, 7) is -0.133. The summed E-state index contributed by atoms with van der Waals surface area (Å²) in [5, 5.41) is 0. The molecule has 9 heteroatoms. The SMILES string of the molecule is COc1cc(OC)cc(C(=O)N2CCN(Cc3cc(Br)ccc3OC(F)F)CC2)c1. The van der Waals surface area contributed by atoms with Gasteiger partial charge in [-0.2, -0.15) is 8.78 Å². The van der Waals surface area contributed by atoms with E-state index in [2.05, 4.69) is 25.6 Å². The highest BCUT2D eigenvalue weighted by atomic mass is 79.9. The minimum Gasteiger partial charge on any atom is -0.497 e. The van der Waals surface area contributed by atoms with Crippen LogP contribution >= 0.6 is 15.9 Å². The van der Waals surface area contributed by atoms with Crippen molar-refractivity contribution in [3.8, 4) is 17.2 Å². The molecule has 0 N–H and O–H groups in total. The Bertz CT molecular complexity index is 867. The molecule has 1 heterocycles. The fraction of sp³-hybridized carbons (Fsp3) is 0.381. The summed E-state index contributed by atoms with van der Waals surface area (Å²) < 4.78 is 41.3. The van der Waals surface area contributed by atoms with Crippen molar-refractivity contribution in [1.82, 2.24) is 9.80 Å². The quantitative estimate of drug-likeness (QED) is 0.593. The van der Waals surface area contributed by atoms with Crippen LogP contribution in [0.2, 0.25) is 0 Å². The smallest absolute Gasteiger partial charge is 0.387 e. The van der Waals surface area contributed by atoms with E-state index in [-0.39, 0.29) is 11.7 Å². The lowest BCUT2D eigenvalue weighted by molar-refractivity contribution is -0.0509. The van der Waals surface area contributed by atoms with Gasteiger partial charge in [-0.25, -0.2) is 0 Å². The Morgan fingerprint density at radius 2 is 1.67 bits per heavy atom. The molecular weight excluding hydrogens is 462 g/mol. The van der Waals surface area contributed by atoms with Gasteiger partial charge in [0.1, 0.15) is 17.2 Å². The molecule has 0 spiro atoms. The second-order valence-electron chi connectivity index (χ2n) is 6.80. The summed E-state index contributed by atoms with van der Waals surface area (Å²) in [6, 6.07) is 10.1. The number of carbonyl (C=O) groups excluding carboxylic acids is 1. The van der Waals surface area contributed by atoms with Gasteiger partial charge in [0.15, 0.2) is 0 Å². The first-order valence-electron chi connectivity index (χ1n) is 9.37. The van der Waals surface area contributed by atoms with Crippen molar-refractivity contribution in [2.45, 2.75) is 13.2 Å². The van der Waals surface area contributed by atoms with E-state index in [1.807, 2.05) is 0 Å². The summed E-state index contributed by atoms with van der Waals surface area (Å²) in [6.07, 6.45) is 0. The van der Waals surface area contributed by atoms with E-state index in [0.717, 1.165) is 4.47 Å². The Morgan fingerprint density at radius 1 is 1.03 bits per heavy atom. The molecule has 30 heavy (non-hydrogen) atoms. The van der Waals surface area contributed by atoms with E-state index in [4.69, 9.17) is 9.47 Å². The molecule has 2 aromatic rings. The van der Waals surface area contributed by atoms with Gasteiger partial charge >= 0.3 is 6.61 Å². The fourth-order valence-electron chi connectivity index (χ4n) is 3.35. The minimum atomic E-state index is -2.88. The van der Waals surface area contributed by atoms with Crippen molar-refractivity contribution in [3.05, 3.63) is 52.0 Å². The normalized spacial score (nSPS) is 14.7. The molecule has 1 aliphatic rings. The van der Waals surface area contributed by atoms with Gasteiger partial charge in [0, 0.05) is 54.4 Å². The van der Waals surface area contributed by atoms with Crippen LogP contribution in [0.15, 0.2) is 40.9 Å². The molecule has 0 aromatic heterocycles. The van der Waals surface area contributed by atoms with Crippen LogP contribution in [-0.2, 0) is 6.54 Å². The largest absolute Gasteiger partial charge is 0.497 e. The van der Waals surface area contributed by atoms with Crippen molar-refractivity contribution in [2.75, 3.05) is 40.4 Å². The van der Waals surface area contributed by atoms with Crippen molar-refractivity contribution in [1.29, 1.82) is 0 Å². The molecule has 6 nitrogen and oxygen atoms in total. The van der Waals surface area contributed by atoms with Crippen LogP contribution in [0.3, 0.4) is 0 Å². The van der Waals surface area contributed by atoms with E-state index in [0.29, 0.717) is 55.3 Å². The number of rotatable bonds is 7. The molecule has 0 saturated carbocycles. The zero-order valence-corrected chi connectivity index (χ0v) is 18.3. The molecule has 0 aliphatic carbocycles. The average molecular weight is 485 g/mol. The minimum absolute atomic E-state index is 0.101. The van der Waals surface area contributed by atoms with Gasteiger partial charge in [-0.15, -0.1) is 0 Å². The van der Waals surface area contributed by atoms with Crippen LogP contribution in [0.4, 0.5) is 8.78 Å². The summed E-state index contributed by atoms with van der Waals surface area (Å²) in [5.74, 6) is 1.17. The number of piperazine rings is 1. The monoisotopic (exact) mass is 484 g/mol. The number of ether oxygens (including phenoxy) is 3. The molecule has 0 radical (unpaired) electrons. The van der Waals surface area contributed by atoms with Crippen molar-refractivity contribution < 1.29 is 27.8 Å². The van der Waals surface area contributed by atoms with Gasteiger partial charge in [0.2, 0.25) is 0 Å². The Morgan fingerprint density at radius 3 is 2.23 bits per heavy atom. The molecule has 1 saturated heterocycles. The molecule has 2 aromatic carbocycles. The number of nitrogens with zero attached hydrogens (tertiary/aromatic N) is 2. The first-order valence-corrected chi connectivity index (χ1v) is 10.2. The average Bonchev–Trinajstić information content (AvgIpc) is 2.75. The number of carbonyl (C=O) groups is 1. The third-order valence-corrected chi connectivity index (χ3v) is 5.38. The third kappa shape index (κ3) is 5.60. The number of alkyl halides is 2. The maximum atomic E-state index is 12.9. The summed E-state index contributed by atoms with van der Waals surface area (Å²) in [4.78, 5) is 16.8. The Hall–Kier alpha value is -2.39. The van der Waals surface area contributed by atoms with Crippen molar-refractivity contribution in [3.63, 3.8) is 0 Å². The van der Waals surface area contributed by atoms with Crippen LogP contribution in [0.25, 0.3) is 0 Å². The topological polar surface area (TPSA) is 51.2 Å². The van der Waals surface area contributed by atoms with E-state index in [9.17, 15) is 13.6 Å². The Balaban J connectivity index is 1.64. The zero-order chi connectivity index (χ0) is 21.7. The van der Waals surface area contributed by atoms with E-state index in [1.54, 1.807) is 35.2 Å². The maximum Gasteiger partial charge on any atom is 0.387 e. The van der Waals surface area contributed by atoms with E-state index < -0.39 is 6.61 Å². The number of methoxy groups -OCH3 is 2. The van der Waals surface area contributed by atoms with Crippen molar-refractivity contribution in [2.24, 2.45) is 0 Å². The van der Waals surface area contributed by atoms with E-state index in [1.165, 1.54) is 20.3 Å². The van der Waals surface area contributed by atoms with Gasteiger partial charge in [0.05, 0.1) is 14.2 Å². The lowest BCUT2D eigenvalue weighted by Crippen LogP contribution is -2.48. The molecule has 1 amide bonds. The van der Waals surface area contributed by atoms with Crippen LogP contribution in [0, 0.1) is 0 Å². The highest BCUT2D eigenvalue weighted by Gasteiger charge is 2.24. The van der Waals surface area contributed by atoms with Crippen LogP contribution in [0.1, 0.15) is 15.9 Å². The van der Waals surface area contributed by atoms with Crippen LogP contribution in [0.5, 0.6) is 17.2 Å². The van der Waals surface area contributed by atoms with Gasteiger partial charge in [-0.1, -0.05) is 15.9 Å². The van der Waals surface area contributed by atoms with Gasteiger partial charge in [-0.05, 0) is 30.3 Å². The first kappa shape index (κ1) is 22.3. The lowest BCUT2D eigenvalue weighted by Gasteiger charge is -2.35. The molecule has 1 fully saturated rings. The highest BCUT2D eigenvalue weighted by Crippen LogP contribution is 2.27. The van der Waals surface area contributed by atoms with Crippen LogP contribution < -0.4 is 14.2 Å². The molecule has 0 unspecified atom stereocenters. The fourth-order valence-corrected chi connectivity index (χ4v) is 3.75. The number of hydrogen-bond donors (Lipinski definition) is 0. The molecule has 1 aliphatic heterocycles. The number of hydrogen-bond acceptors (Lipinski definition) is 5. The predicted molar refractivity (Wildman–Crippen MR) is 112 cm³/mol. The highest BCUT2D eigenvalue weighted by molar-refractivity contribution is 9.10. The molecule has 0 atom stereocenters. The first-order chi connectivity index (χ1) is 14.4. The molecule has 162 valence electrons. The Kier molecular flexibility index (Phi) is 7.49. The zero-order valence-electron chi connectivity index (χ0n) is 16.7. The van der Waals surface area contributed by atoms with Gasteiger partial charge in [0.25, 0.3) is 5.91 Å². The van der Waals surface area contributed by atoms with Gasteiger partial charge < -0.3 is 19.1 Å². The number of amides is 1. The Labute approximate surface area is 182 Å². The maximum absolute atomic E-state index is 12.9. The predicted octanol–water partition coefficient (Wildman–Crippen LogP) is 4.03.